The maximum Gasteiger partial charge on any atom is 0.293 e. The van der Waals surface area contributed by atoms with Gasteiger partial charge in [-0.1, -0.05) is 0 Å². The van der Waals surface area contributed by atoms with E-state index >= 15 is 0 Å². The number of halogens is 1. The van der Waals surface area contributed by atoms with Crippen molar-refractivity contribution in [2.75, 3.05) is 26.7 Å². The Hall–Kier alpha value is -1.42. The lowest BCUT2D eigenvalue weighted by Crippen LogP contribution is -2.30. The zero-order chi connectivity index (χ0) is 15.6. The summed E-state index contributed by atoms with van der Waals surface area (Å²) in [5, 5.41) is 11.1. The van der Waals surface area contributed by atoms with E-state index in [0.29, 0.717) is 26.1 Å². The van der Waals surface area contributed by atoms with Crippen molar-refractivity contribution in [2.24, 2.45) is 11.7 Å². The number of nitrogens with zero attached hydrogens (tertiary/aromatic N) is 2. The quantitative estimate of drug-likeness (QED) is 0.624. The van der Waals surface area contributed by atoms with Crippen LogP contribution in [0, 0.1) is 16.0 Å². The Morgan fingerprint density at radius 2 is 2.18 bits per heavy atom. The molecular weight excluding hydrogens is 334 g/mol. The number of hydrogen-bond acceptors (Lipinski definition) is 6. The number of sulfonamides is 1. The number of nitro benzene ring substituents is 1. The summed E-state index contributed by atoms with van der Waals surface area (Å²) in [5.74, 6) is 0.332. The van der Waals surface area contributed by atoms with E-state index in [-0.39, 0.29) is 29.0 Å². The van der Waals surface area contributed by atoms with Crippen molar-refractivity contribution in [3.63, 3.8) is 0 Å². The minimum atomic E-state index is -3.90. The predicted molar refractivity (Wildman–Crippen MR) is 82.8 cm³/mol. The summed E-state index contributed by atoms with van der Waals surface area (Å²) in [6.45, 7) is 1.02. The number of benzene rings is 1. The molecular formula is C12H18ClN3O5S. The van der Waals surface area contributed by atoms with E-state index in [1.807, 2.05) is 0 Å². The molecule has 0 saturated carbocycles. The highest BCUT2D eigenvalue weighted by Crippen LogP contribution is 2.32. The van der Waals surface area contributed by atoms with Crippen LogP contribution >= 0.6 is 12.4 Å². The van der Waals surface area contributed by atoms with Gasteiger partial charge < -0.3 is 10.5 Å². The Kier molecular flexibility index (Phi) is 6.12. The summed E-state index contributed by atoms with van der Waals surface area (Å²) < 4.78 is 31.3. The van der Waals surface area contributed by atoms with E-state index in [1.165, 1.54) is 23.5 Å². The van der Waals surface area contributed by atoms with E-state index < -0.39 is 20.6 Å². The van der Waals surface area contributed by atoms with Gasteiger partial charge in [-0.15, -0.1) is 12.4 Å². The highest BCUT2D eigenvalue weighted by molar-refractivity contribution is 7.89. The standard InChI is InChI=1S/C12H17N3O5S.ClH/c1-20-10-2-3-12(11(6-10)15(16)17)21(18,19)14-5-4-9(7-13)8-14;/h2-3,6,9H,4-5,7-8,13H2,1H3;1H. The molecule has 1 unspecified atom stereocenters. The molecule has 0 amide bonds. The van der Waals surface area contributed by atoms with Crippen molar-refractivity contribution in [1.82, 2.24) is 4.31 Å². The molecule has 0 aromatic heterocycles. The van der Waals surface area contributed by atoms with Gasteiger partial charge >= 0.3 is 0 Å². The molecule has 1 aromatic carbocycles. The van der Waals surface area contributed by atoms with E-state index in [9.17, 15) is 18.5 Å². The van der Waals surface area contributed by atoms with Crippen LogP contribution < -0.4 is 10.5 Å². The van der Waals surface area contributed by atoms with Gasteiger partial charge in [0, 0.05) is 13.1 Å². The molecule has 2 N–H and O–H groups in total. The third-order valence-corrected chi connectivity index (χ3v) is 5.48. The van der Waals surface area contributed by atoms with Crippen LogP contribution in [0.3, 0.4) is 0 Å². The van der Waals surface area contributed by atoms with E-state index in [1.54, 1.807) is 0 Å². The summed E-state index contributed by atoms with van der Waals surface area (Å²) >= 11 is 0. The van der Waals surface area contributed by atoms with Crippen molar-refractivity contribution in [1.29, 1.82) is 0 Å². The number of hydrogen-bond donors (Lipinski definition) is 1. The molecule has 1 aromatic rings. The van der Waals surface area contributed by atoms with Crippen LogP contribution in [0.25, 0.3) is 0 Å². The Bertz CT molecular complexity index is 652. The van der Waals surface area contributed by atoms with E-state index in [2.05, 4.69) is 0 Å². The lowest BCUT2D eigenvalue weighted by atomic mass is 10.1. The Morgan fingerprint density at radius 1 is 1.50 bits per heavy atom. The first-order valence-corrected chi connectivity index (χ1v) is 7.86. The molecule has 2 rings (SSSR count). The Balaban J connectivity index is 0.00000242. The maximum absolute atomic E-state index is 12.6. The maximum atomic E-state index is 12.6. The van der Waals surface area contributed by atoms with Crippen molar-refractivity contribution < 1.29 is 18.1 Å². The lowest BCUT2D eigenvalue weighted by Gasteiger charge is -2.16. The van der Waals surface area contributed by atoms with Crippen LogP contribution in [0.2, 0.25) is 0 Å². The van der Waals surface area contributed by atoms with Crippen molar-refractivity contribution in [3.05, 3.63) is 28.3 Å². The highest BCUT2D eigenvalue weighted by Gasteiger charge is 2.36. The first-order valence-electron chi connectivity index (χ1n) is 6.42. The molecule has 1 atom stereocenters. The van der Waals surface area contributed by atoms with Crippen LogP contribution in [0.5, 0.6) is 5.75 Å². The second kappa shape index (κ2) is 7.23. The van der Waals surface area contributed by atoms with Crippen molar-refractivity contribution in [2.45, 2.75) is 11.3 Å². The van der Waals surface area contributed by atoms with Gasteiger partial charge in [-0.3, -0.25) is 10.1 Å². The van der Waals surface area contributed by atoms with Crippen molar-refractivity contribution >= 4 is 28.1 Å². The Morgan fingerprint density at radius 3 is 2.68 bits per heavy atom. The summed E-state index contributed by atoms with van der Waals surface area (Å²) in [6.07, 6.45) is 0.666. The number of rotatable bonds is 5. The number of methoxy groups -OCH3 is 1. The second-order valence-corrected chi connectivity index (χ2v) is 6.75. The van der Waals surface area contributed by atoms with Crippen molar-refractivity contribution in [3.8, 4) is 5.75 Å². The normalized spacial score (nSPS) is 18.7. The van der Waals surface area contributed by atoms with Gasteiger partial charge in [0.25, 0.3) is 5.69 Å². The third kappa shape index (κ3) is 3.49. The minimum absolute atomic E-state index is 0. The molecule has 1 heterocycles. The van der Waals surface area contributed by atoms with Gasteiger partial charge in [0.15, 0.2) is 4.90 Å². The summed E-state index contributed by atoms with van der Waals surface area (Å²) in [7, 11) is -2.54. The van der Waals surface area contributed by atoms with Gasteiger partial charge in [-0.2, -0.15) is 4.31 Å². The van der Waals surface area contributed by atoms with Gasteiger partial charge in [0.05, 0.1) is 18.1 Å². The second-order valence-electron chi connectivity index (χ2n) is 4.84. The van der Waals surface area contributed by atoms with Gasteiger partial charge in [-0.25, -0.2) is 8.42 Å². The fourth-order valence-electron chi connectivity index (χ4n) is 2.33. The number of nitro groups is 1. The van der Waals surface area contributed by atoms with E-state index in [4.69, 9.17) is 10.5 Å². The van der Waals surface area contributed by atoms with Crippen LogP contribution in [-0.2, 0) is 10.0 Å². The van der Waals surface area contributed by atoms with Gasteiger partial charge in [0.1, 0.15) is 5.75 Å². The fraction of sp³-hybridized carbons (Fsp3) is 0.500. The topological polar surface area (TPSA) is 116 Å². The molecule has 10 heteroatoms. The van der Waals surface area contributed by atoms with Crippen LogP contribution in [0.4, 0.5) is 5.69 Å². The molecule has 1 fully saturated rings. The molecule has 1 aliphatic rings. The fourth-order valence-corrected chi connectivity index (χ4v) is 4.00. The van der Waals surface area contributed by atoms with Gasteiger partial charge in [0.2, 0.25) is 10.0 Å². The molecule has 22 heavy (non-hydrogen) atoms. The summed E-state index contributed by atoms with van der Waals surface area (Å²) in [4.78, 5) is 10.1. The van der Waals surface area contributed by atoms with E-state index in [0.717, 1.165) is 6.07 Å². The number of ether oxygens (including phenoxy) is 1. The van der Waals surface area contributed by atoms with Crippen LogP contribution in [-0.4, -0.2) is 44.4 Å². The predicted octanol–water partition coefficient (Wildman–Crippen LogP) is 0.995. The largest absolute Gasteiger partial charge is 0.497 e. The summed E-state index contributed by atoms with van der Waals surface area (Å²) in [6, 6.07) is 3.72. The minimum Gasteiger partial charge on any atom is -0.497 e. The highest BCUT2D eigenvalue weighted by atomic mass is 35.5. The number of nitrogens with two attached hydrogens (primary N) is 1. The average Bonchev–Trinajstić information content (AvgIpc) is 2.96. The first-order chi connectivity index (χ1) is 9.90. The molecule has 0 spiro atoms. The first kappa shape index (κ1) is 18.6. The molecule has 0 bridgehead atoms. The monoisotopic (exact) mass is 351 g/mol. The molecule has 124 valence electrons. The molecule has 8 nitrogen and oxygen atoms in total. The molecule has 0 radical (unpaired) electrons. The zero-order valence-electron chi connectivity index (χ0n) is 12.0. The van der Waals surface area contributed by atoms with Crippen LogP contribution in [0.15, 0.2) is 23.1 Å². The molecule has 1 saturated heterocycles. The SMILES string of the molecule is COc1ccc(S(=O)(=O)N2CCC(CN)C2)c([N+](=O)[O-])c1.Cl. The zero-order valence-corrected chi connectivity index (χ0v) is 13.6. The molecule has 0 aliphatic carbocycles. The Labute approximate surface area is 134 Å². The molecule has 1 aliphatic heterocycles. The lowest BCUT2D eigenvalue weighted by molar-refractivity contribution is -0.387. The van der Waals surface area contributed by atoms with Gasteiger partial charge in [-0.05, 0) is 31.0 Å². The average molecular weight is 352 g/mol. The van der Waals surface area contributed by atoms with Crippen LogP contribution in [0.1, 0.15) is 6.42 Å². The smallest absolute Gasteiger partial charge is 0.293 e. The third-order valence-electron chi connectivity index (χ3n) is 3.56. The summed E-state index contributed by atoms with van der Waals surface area (Å²) in [5.41, 5.74) is 5.07.